The first-order valence-electron chi connectivity index (χ1n) is 13.1. The van der Waals surface area contributed by atoms with Crippen LogP contribution in [0, 0.1) is 5.92 Å². The number of hydrogen-bond donors (Lipinski definition) is 3. The van der Waals surface area contributed by atoms with Crippen LogP contribution < -0.4 is 5.32 Å². The number of nitrogens with zero attached hydrogens (tertiary/aromatic N) is 6. The van der Waals surface area contributed by atoms with E-state index in [1.165, 1.54) is 6.42 Å². The predicted octanol–water partition coefficient (Wildman–Crippen LogP) is 5.54. The number of imidazole rings is 1. The highest BCUT2D eigenvalue weighted by Gasteiger charge is 2.22. The largest absolute Gasteiger partial charge is 0.324 e. The van der Waals surface area contributed by atoms with Gasteiger partial charge < -0.3 is 10.3 Å². The van der Waals surface area contributed by atoms with Crippen molar-refractivity contribution in [2.45, 2.75) is 32.1 Å². The summed E-state index contributed by atoms with van der Waals surface area (Å²) < 4.78 is 0. The van der Waals surface area contributed by atoms with E-state index >= 15 is 0 Å². The molecule has 0 bridgehead atoms. The van der Waals surface area contributed by atoms with E-state index in [1.54, 1.807) is 31.0 Å². The molecule has 7 rings (SSSR count). The molecule has 1 aliphatic rings. The molecule has 0 saturated heterocycles. The van der Waals surface area contributed by atoms with Gasteiger partial charge >= 0.3 is 0 Å². The van der Waals surface area contributed by atoms with Gasteiger partial charge in [0.15, 0.2) is 17.2 Å². The molecule has 0 radical (unpaired) electrons. The van der Waals surface area contributed by atoms with Crippen LogP contribution in [0.1, 0.15) is 32.1 Å². The Bertz CT molecular complexity index is 1800. The van der Waals surface area contributed by atoms with Crippen molar-refractivity contribution in [1.82, 2.24) is 40.1 Å². The normalized spacial score (nSPS) is 14.2. The van der Waals surface area contributed by atoms with Gasteiger partial charge in [0.05, 0.1) is 23.1 Å². The van der Waals surface area contributed by atoms with E-state index in [0.717, 1.165) is 59.1 Å². The van der Waals surface area contributed by atoms with Crippen LogP contribution in [0.4, 0.5) is 5.69 Å². The molecule has 39 heavy (non-hydrogen) atoms. The van der Waals surface area contributed by atoms with Crippen LogP contribution >= 0.6 is 0 Å². The summed E-state index contributed by atoms with van der Waals surface area (Å²) in [6.07, 6.45) is 14.0. The Hall–Kier alpha value is -4.99. The summed E-state index contributed by atoms with van der Waals surface area (Å²) in [5.41, 5.74) is 7.52. The maximum Gasteiger partial charge on any atom is 0.227 e. The number of aromatic amines is 2. The number of carbonyl (C=O) groups is 1. The van der Waals surface area contributed by atoms with Crippen molar-refractivity contribution in [2.75, 3.05) is 5.32 Å². The number of anilines is 1. The second-order valence-corrected chi connectivity index (χ2v) is 9.83. The number of aromatic nitrogens is 8. The molecular formula is C29H25N9O. The van der Waals surface area contributed by atoms with Crippen LogP contribution in [0.15, 0.2) is 67.4 Å². The zero-order valence-corrected chi connectivity index (χ0v) is 21.1. The highest BCUT2D eigenvalue weighted by Crippen LogP contribution is 2.31. The van der Waals surface area contributed by atoms with Crippen molar-refractivity contribution in [3.63, 3.8) is 0 Å². The first kappa shape index (κ1) is 23.2. The molecular weight excluding hydrogens is 490 g/mol. The Balaban J connectivity index is 1.23. The third-order valence-corrected chi connectivity index (χ3v) is 7.27. The first-order chi connectivity index (χ1) is 19.2. The molecule has 0 aliphatic heterocycles. The Morgan fingerprint density at radius 3 is 2.67 bits per heavy atom. The number of pyridine rings is 4. The standard InChI is InChI=1S/C29H25N9O/c39-29(17-5-2-1-3-6-17)33-20-13-19(15-31-16-20)22-8-9-23-25(34-22)26(38-37-23)28-35-24-21(10-12-32-27(24)36-28)18-7-4-11-30-14-18/h4,7-17H,1-3,5-6H2,(H,33,39)(H,37,38)(H,32,35,36). The molecule has 1 fully saturated rings. The van der Waals surface area contributed by atoms with Crippen molar-refractivity contribution >= 4 is 33.8 Å². The maximum absolute atomic E-state index is 12.8. The SMILES string of the molecule is O=C(Nc1cncc(-c2ccc3[nH]nc(-c4nc5c(-c6cccnc6)ccnc5[nH]4)c3n2)c1)C1CCCCC1. The molecule has 3 N–H and O–H groups in total. The predicted molar refractivity (Wildman–Crippen MR) is 148 cm³/mol. The van der Waals surface area contributed by atoms with Crippen LogP contribution in [0.2, 0.25) is 0 Å². The van der Waals surface area contributed by atoms with Crippen LogP contribution in [-0.2, 0) is 4.79 Å². The Labute approximate surface area is 223 Å². The topological polar surface area (TPSA) is 138 Å². The number of nitrogens with one attached hydrogen (secondary N) is 3. The van der Waals surface area contributed by atoms with E-state index in [4.69, 9.17) is 9.97 Å². The zero-order valence-electron chi connectivity index (χ0n) is 21.1. The summed E-state index contributed by atoms with van der Waals surface area (Å²) in [5, 5.41) is 10.6. The third-order valence-electron chi connectivity index (χ3n) is 7.27. The lowest BCUT2D eigenvalue weighted by atomic mass is 9.88. The van der Waals surface area contributed by atoms with Gasteiger partial charge in [0.2, 0.25) is 5.91 Å². The number of H-pyrrole nitrogens is 2. The summed E-state index contributed by atoms with van der Waals surface area (Å²) in [4.78, 5) is 38.9. The second-order valence-electron chi connectivity index (χ2n) is 9.83. The molecule has 1 aliphatic carbocycles. The molecule has 1 saturated carbocycles. The van der Waals surface area contributed by atoms with Crippen molar-refractivity contribution in [1.29, 1.82) is 0 Å². The van der Waals surface area contributed by atoms with Gasteiger partial charge in [-0.05, 0) is 43.2 Å². The summed E-state index contributed by atoms with van der Waals surface area (Å²) in [6, 6.07) is 11.6. The van der Waals surface area contributed by atoms with Crippen molar-refractivity contribution in [2.24, 2.45) is 5.92 Å². The lowest BCUT2D eigenvalue weighted by Gasteiger charge is -2.20. The van der Waals surface area contributed by atoms with E-state index < -0.39 is 0 Å². The fourth-order valence-corrected chi connectivity index (χ4v) is 5.26. The average Bonchev–Trinajstić information content (AvgIpc) is 3.62. The Morgan fingerprint density at radius 1 is 0.897 bits per heavy atom. The van der Waals surface area contributed by atoms with E-state index in [2.05, 4.69) is 35.5 Å². The molecule has 0 spiro atoms. The van der Waals surface area contributed by atoms with Gasteiger partial charge in [-0.25, -0.2) is 15.0 Å². The van der Waals surface area contributed by atoms with Crippen LogP contribution in [0.25, 0.3) is 56.1 Å². The molecule has 0 atom stereocenters. The third kappa shape index (κ3) is 4.39. The van der Waals surface area contributed by atoms with E-state index in [0.29, 0.717) is 28.4 Å². The van der Waals surface area contributed by atoms with Crippen molar-refractivity contribution in [3.05, 3.63) is 67.4 Å². The minimum Gasteiger partial charge on any atom is -0.324 e. The molecule has 1 amide bonds. The Morgan fingerprint density at radius 2 is 1.79 bits per heavy atom. The van der Waals surface area contributed by atoms with Gasteiger partial charge in [0.1, 0.15) is 11.0 Å². The molecule has 10 nitrogen and oxygen atoms in total. The summed E-state index contributed by atoms with van der Waals surface area (Å²) >= 11 is 0. The van der Waals surface area contributed by atoms with Gasteiger partial charge in [0.25, 0.3) is 0 Å². The van der Waals surface area contributed by atoms with Gasteiger partial charge in [-0.2, -0.15) is 5.10 Å². The van der Waals surface area contributed by atoms with E-state index in [-0.39, 0.29) is 11.8 Å². The lowest BCUT2D eigenvalue weighted by molar-refractivity contribution is -0.120. The lowest BCUT2D eigenvalue weighted by Crippen LogP contribution is -2.24. The number of amides is 1. The fourth-order valence-electron chi connectivity index (χ4n) is 5.26. The molecule has 6 aromatic rings. The highest BCUT2D eigenvalue weighted by molar-refractivity contribution is 5.95. The Kier molecular flexibility index (Phi) is 5.77. The summed E-state index contributed by atoms with van der Waals surface area (Å²) in [5.74, 6) is 0.706. The monoisotopic (exact) mass is 515 g/mol. The van der Waals surface area contributed by atoms with E-state index in [1.807, 2.05) is 36.4 Å². The smallest absolute Gasteiger partial charge is 0.227 e. The van der Waals surface area contributed by atoms with Gasteiger partial charge in [-0.1, -0.05) is 25.3 Å². The molecule has 6 heterocycles. The maximum atomic E-state index is 12.8. The van der Waals surface area contributed by atoms with Crippen LogP contribution in [0.3, 0.4) is 0 Å². The minimum atomic E-state index is 0.0679. The number of carbonyl (C=O) groups excluding carboxylic acids is 1. The average molecular weight is 516 g/mol. The molecule has 6 aromatic heterocycles. The second kappa shape index (κ2) is 9.71. The molecule has 10 heteroatoms. The zero-order chi connectivity index (χ0) is 26.2. The van der Waals surface area contributed by atoms with Crippen LogP contribution in [-0.4, -0.2) is 46.0 Å². The van der Waals surface area contributed by atoms with Crippen molar-refractivity contribution < 1.29 is 4.79 Å². The molecule has 0 unspecified atom stereocenters. The summed E-state index contributed by atoms with van der Waals surface area (Å²) in [6.45, 7) is 0. The first-order valence-corrected chi connectivity index (χ1v) is 13.1. The van der Waals surface area contributed by atoms with Gasteiger partial charge in [0, 0.05) is 47.4 Å². The number of rotatable bonds is 5. The summed E-state index contributed by atoms with van der Waals surface area (Å²) in [7, 11) is 0. The van der Waals surface area contributed by atoms with Gasteiger partial charge in [-0.15, -0.1) is 0 Å². The van der Waals surface area contributed by atoms with Crippen molar-refractivity contribution in [3.8, 4) is 33.9 Å². The molecule has 192 valence electrons. The number of hydrogen-bond acceptors (Lipinski definition) is 7. The quantitative estimate of drug-likeness (QED) is 0.274. The minimum absolute atomic E-state index is 0.0679. The highest BCUT2D eigenvalue weighted by atomic mass is 16.1. The van der Waals surface area contributed by atoms with E-state index in [9.17, 15) is 4.79 Å². The molecule has 0 aromatic carbocycles. The number of fused-ring (bicyclic) bond motifs is 2. The van der Waals surface area contributed by atoms with Gasteiger partial charge in [-0.3, -0.25) is 19.9 Å². The fraction of sp³-hybridized carbons (Fsp3) is 0.207. The van der Waals surface area contributed by atoms with Crippen LogP contribution in [0.5, 0.6) is 0 Å².